The average molecular weight is 741 g/mol. The molecule has 0 unspecified atom stereocenters. The maximum Gasteiger partial charge on any atom is 0.331 e. The van der Waals surface area contributed by atoms with Gasteiger partial charge in [-0.3, -0.25) is 4.79 Å². The van der Waals surface area contributed by atoms with Gasteiger partial charge in [-0.15, -0.1) is 0 Å². The number of carbonyl (C=O) groups excluding carboxylic acids is 2. The molecule has 15 heteroatoms. The van der Waals surface area contributed by atoms with Gasteiger partial charge >= 0.3 is 11.9 Å². The van der Waals surface area contributed by atoms with Crippen molar-refractivity contribution < 1.29 is 68.7 Å². The smallest absolute Gasteiger partial charge is 0.331 e. The van der Waals surface area contributed by atoms with E-state index in [1.165, 1.54) is 72.8 Å². The number of esters is 2. The molecule has 1 aromatic heterocycles. The molecule has 7 N–H and O–H groups in total. The molecule has 0 amide bonds. The second kappa shape index (κ2) is 15.8. The summed E-state index contributed by atoms with van der Waals surface area (Å²) in [6.07, 6.45) is -4.24. The van der Waals surface area contributed by atoms with Gasteiger partial charge in [0.25, 0.3) is 0 Å². The number of benzene rings is 4. The van der Waals surface area contributed by atoms with Crippen molar-refractivity contribution in [2.75, 3.05) is 6.61 Å². The SMILES string of the molecule is O=C(C=Cc1ccc(O)cc1)OC[C@@H]1O[C@H](Oc2c(-c3ccc(O)cc3)oc3cc(O)cc(O)c3c2=O)[C@@H](O)[C@H](OC(=O)C=Cc2ccc(O)cc2)[C@H]1O. The molecule has 5 atom stereocenters. The maximum absolute atomic E-state index is 13.9. The van der Waals surface area contributed by atoms with Crippen LogP contribution in [0.25, 0.3) is 34.4 Å². The van der Waals surface area contributed by atoms with E-state index in [0.29, 0.717) is 11.1 Å². The van der Waals surface area contributed by atoms with Crippen molar-refractivity contribution in [2.24, 2.45) is 0 Å². The third-order valence-corrected chi connectivity index (χ3v) is 8.18. The zero-order valence-corrected chi connectivity index (χ0v) is 27.9. The number of aromatic hydroxyl groups is 5. The van der Waals surface area contributed by atoms with E-state index >= 15 is 0 Å². The lowest BCUT2D eigenvalue weighted by Gasteiger charge is -2.41. The summed E-state index contributed by atoms with van der Waals surface area (Å²) in [4.78, 5) is 39.5. The van der Waals surface area contributed by atoms with Crippen molar-refractivity contribution >= 4 is 35.1 Å². The van der Waals surface area contributed by atoms with E-state index in [4.69, 9.17) is 23.4 Å². The molecular weight excluding hydrogens is 708 g/mol. The summed E-state index contributed by atoms with van der Waals surface area (Å²) in [5.41, 5.74) is 0.00793. The Hall–Kier alpha value is -6.81. The van der Waals surface area contributed by atoms with Crippen LogP contribution in [0.3, 0.4) is 0 Å². The fraction of sp³-hybridized carbons (Fsp3) is 0.154. The van der Waals surface area contributed by atoms with Crippen molar-refractivity contribution in [3.05, 3.63) is 118 Å². The molecule has 1 saturated heterocycles. The topological polar surface area (TPSA) is 243 Å². The standard InChI is InChI=1S/C39H32O15/c40-23-9-1-20(2-10-23)5-15-30(45)50-19-29-33(47)37(53-31(46)16-6-21-3-11-24(41)12-4-21)35(49)39(52-29)54-38-34(48)32-27(44)17-26(43)18-28(32)51-36(38)22-7-13-25(42)14-8-22/h1-18,29,33,35,37,39-44,47,49H,19H2/t29-,33-,35-,37+,39+/m0/s1. The molecule has 2 heterocycles. The van der Waals surface area contributed by atoms with Gasteiger partial charge < -0.3 is 59.1 Å². The van der Waals surface area contributed by atoms with Crippen LogP contribution in [0.5, 0.6) is 34.5 Å². The third kappa shape index (κ3) is 8.45. The van der Waals surface area contributed by atoms with E-state index in [1.54, 1.807) is 12.1 Å². The molecule has 1 aliphatic heterocycles. The zero-order valence-electron chi connectivity index (χ0n) is 27.9. The highest BCUT2D eigenvalue weighted by molar-refractivity contribution is 5.89. The number of phenols is 5. The third-order valence-electron chi connectivity index (χ3n) is 8.18. The zero-order chi connectivity index (χ0) is 38.5. The number of fused-ring (bicyclic) bond motifs is 1. The fourth-order valence-corrected chi connectivity index (χ4v) is 5.46. The summed E-state index contributed by atoms with van der Waals surface area (Å²) >= 11 is 0. The average Bonchev–Trinajstić information content (AvgIpc) is 3.14. The summed E-state index contributed by atoms with van der Waals surface area (Å²) in [5, 5.41) is 71.7. The van der Waals surface area contributed by atoms with Crippen LogP contribution >= 0.6 is 0 Å². The number of aliphatic hydroxyl groups is 2. The second-order valence-electron chi connectivity index (χ2n) is 12.0. The Labute approximate surface area is 305 Å². The largest absolute Gasteiger partial charge is 0.508 e. The molecule has 15 nitrogen and oxygen atoms in total. The van der Waals surface area contributed by atoms with E-state index < -0.39 is 77.3 Å². The molecular formula is C39H32O15. The van der Waals surface area contributed by atoms with Crippen LogP contribution < -0.4 is 10.2 Å². The number of phenolic OH excluding ortho intramolecular Hbond substituents is 5. The van der Waals surface area contributed by atoms with E-state index in [9.17, 15) is 50.1 Å². The number of rotatable bonds is 10. The van der Waals surface area contributed by atoms with Crippen molar-refractivity contribution in [3.63, 3.8) is 0 Å². The lowest BCUT2D eigenvalue weighted by molar-refractivity contribution is -0.281. The van der Waals surface area contributed by atoms with Crippen molar-refractivity contribution in [1.29, 1.82) is 0 Å². The molecule has 0 spiro atoms. The molecule has 4 aromatic carbocycles. The van der Waals surface area contributed by atoms with Crippen LogP contribution in [0, 0.1) is 0 Å². The first-order chi connectivity index (χ1) is 25.9. The summed E-state index contributed by atoms with van der Waals surface area (Å²) in [5.74, 6) is -4.01. The minimum Gasteiger partial charge on any atom is -0.508 e. The highest BCUT2D eigenvalue weighted by Crippen LogP contribution is 2.38. The van der Waals surface area contributed by atoms with Gasteiger partial charge in [-0.1, -0.05) is 24.3 Å². The van der Waals surface area contributed by atoms with Gasteiger partial charge in [-0.2, -0.15) is 0 Å². The predicted molar refractivity (Wildman–Crippen MR) is 189 cm³/mol. The maximum atomic E-state index is 13.9. The first kappa shape index (κ1) is 37.0. The number of hydrogen-bond acceptors (Lipinski definition) is 15. The highest BCUT2D eigenvalue weighted by atomic mass is 16.7. The van der Waals surface area contributed by atoms with Gasteiger partial charge in [0.2, 0.25) is 17.5 Å². The first-order valence-corrected chi connectivity index (χ1v) is 16.2. The van der Waals surface area contributed by atoms with E-state index in [-0.39, 0.29) is 34.2 Å². The van der Waals surface area contributed by atoms with Gasteiger partial charge in [-0.05, 0) is 71.8 Å². The minimum atomic E-state index is -2.00. The van der Waals surface area contributed by atoms with Crippen molar-refractivity contribution in [3.8, 4) is 45.8 Å². The summed E-state index contributed by atoms with van der Waals surface area (Å²) < 4.78 is 28.3. The molecule has 0 radical (unpaired) electrons. The van der Waals surface area contributed by atoms with Crippen LogP contribution in [0.15, 0.2) is 106 Å². The molecule has 1 fully saturated rings. The normalized spacial score (nSPS) is 19.9. The van der Waals surface area contributed by atoms with Crippen LogP contribution in [-0.4, -0.2) is 85.0 Å². The number of carbonyl (C=O) groups is 2. The number of hydrogen-bond donors (Lipinski definition) is 7. The Morgan fingerprint density at radius 1 is 0.704 bits per heavy atom. The lowest BCUT2D eigenvalue weighted by atomic mass is 9.98. The second-order valence-corrected chi connectivity index (χ2v) is 12.0. The number of ether oxygens (including phenoxy) is 4. The van der Waals surface area contributed by atoms with Crippen LogP contribution in [0.4, 0.5) is 0 Å². The Kier molecular flexibility index (Phi) is 10.8. The molecule has 1 aliphatic rings. The monoisotopic (exact) mass is 740 g/mol. The Balaban J connectivity index is 1.32. The number of aliphatic hydroxyl groups excluding tert-OH is 2. The van der Waals surface area contributed by atoms with Crippen LogP contribution in [0.1, 0.15) is 11.1 Å². The Morgan fingerprint density at radius 2 is 1.26 bits per heavy atom. The lowest BCUT2D eigenvalue weighted by Crippen LogP contribution is -2.61. The van der Waals surface area contributed by atoms with Crippen molar-refractivity contribution in [1.82, 2.24) is 0 Å². The van der Waals surface area contributed by atoms with Crippen LogP contribution in [0.2, 0.25) is 0 Å². The summed E-state index contributed by atoms with van der Waals surface area (Å²) in [7, 11) is 0. The Morgan fingerprint density at radius 3 is 1.85 bits per heavy atom. The van der Waals surface area contributed by atoms with Gasteiger partial charge in [-0.25, -0.2) is 9.59 Å². The van der Waals surface area contributed by atoms with E-state index in [2.05, 4.69) is 0 Å². The fourth-order valence-electron chi connectivity index (χ4n) is 5.46. The molecule has 5 aromatic rings. The van der Waals surface area contributed by atoms with Gasteiger partial charge in [0.15, 0.2) is 18.0 Å². The minimum absolute atomic E-state index is 0.000756. The quantitative estimate of drug-likeness (QED) is 0.0798. The summed E-state index contributed by atoms with van der Waals surface area (Å²) in [6, 6.07) is 19.0. The van der Waals surface area contributed by atoms with Crippen LogP contribution in [-0.2, 0) is 23.8 Å². The molecule has 0 aliphatic carbocycles. The van der Waals surface area contributed by atoms with E-state index in [1.807, 2.05) is 0 Å². The highest BCUT2D eigenvalue weighted by Gasteiger charge is 2.49. The molecule has 0 saturated carbocycles. The molecule has 54 heavy (non-hydrogen) atoms. The Bertz CT molecular complexity index is 2260. The van der Waals surface area contributed by atoms with Gasteiger partial charge in [0, 0.05) is 29.8 Å². The molecule has 6 rings (SSSR count). The predicted octanol–water partition coefficient (Wildman–Crippen LogP) is 3.70. The van der Waals surface area contributed by atoms with Gasteiger partial charge in [0.05, 0.1) is 0 Å². The van der Waals surface area contributed by atoms with Crippen molar-refractivity contribution in [2.45, 2.75) is 30.7 Å². The summed E-state index contributed by atoms with van der Waals surface area (Å²) in [6.45, 7) is -0.666. The molecule has 278 valence electrons. The first-order valence-electron chi connectivity index (χ1n) is 16.2. The van der Waals surface area contributed by atoms with E-state index in [0.717, 1.165) is 24.3 Å². The van der Waals surface area contributed by atoms with Gasteiger partial charge in [0.1, 0.15) is 58.5 Å². The molecule has 0 bridgehead atoms.